The minimum atomic E-state index is -1.45. The van der Waals surface area contributed by atoms with Crippen LogP contribution in [-0.4, -0.2) is 120 Å². The molecule has 2 saturated heterocycles. The van der Waals surface area contributed by atoms with E-state index >= 15 is 0 Å². The largest absolute Gasteiger partial charge is 0.548 e. The number of methoxy groups -OCH3 is 1. The van der Waals surface area contributed by atoms with Crippen molar-refractivity contribution in [3.63, 3.8) is 0 Å². The number of ether oxygens (including phenoxy) is 1. The molecule has 0 aromatic rings. The second-order valence-corrected chi connectivity index (χ2v) is 9.97. The number of carbonyl (C=O) groups is 6. The number of amides is 4. The van der Waals surface area contributed by atoms with Crippen LogP contribution in [0.15, 0.2) is 0 Å². The lowest BCUT2D eigenvalue weighted by molar-refractivity contribution is -0.311. The lowest BCUT2D eigenvalue weighted by Gasteiger charge is -2.26. The molecule has 0 spiro atoms. The molecule has 0 unspecified atom stereocenters. The predicted octanol–water partition coefficient (Wildman–Crippen LogP) is -4.60. The molecule has 0 aliphatic carbocycles. The van der Waals surface area contributed by atoms with Gasteiger partial charge in [0.2, 0.25) is 23.6 Å². The Bertz CT molecular complexity index is 777. The van der Waals surface area contributed by atoms with E-state index in [1.807, 2.05) is 0 Å². The molecule has 2 heterocycles. The fourth-order valence-electron chi connectivity index (χ4n) is 4.07. The minimum Gasteiger partial charge on any atom is -0.548 e. The van der Waals surface area contributed by atoms with Gasteiger partial charge >= 0.3 is 0 Å². The van der Waals surface area contributed by atoms with Crippen LogP contribution >= 0.6 is 23.5 Å². The van der Waals surface area contributed by atoms with Gasteiger partial charge in [0.15, 0.2) is 0 Å². The molecule has 2 aliphatic heterocycles. The Hall–Kier alpha value is -2.52. The Balaban J connectivity index is 1.89. The Kier molecular flexibility index (Phi) is 11.1. The summed E-state index contributed by atoms with van der Waals surface area (Å²) in [6.45, 7) is -0.227. The third-order valence-electron chi connectivity index (χ3n) is 5.52. The standard InChI is InChI=1S/C20H30N4O9S2/c1-33-7-15(25)21-11-3-13(19(29)30)23(5-11)17(27)9-35-10-18(28)24-6-12(4-14(24)20(31)32)22-16(26)8-34-2/h11-14H,3-10H2,1-2H3,(H,21,25)(H,22,26)(H,29,30)(H,31,32)/p-2/t11-,12-,13-,14-/m0/s1. The van der Waals surface area contributed by atoms with Crippen LogP contribution < -0.4 is 20.8 Å². The number of hydrogen-bond donors (Lipinski definition) is 2. The van der Waals surface area contributed by atoms with E-state index in [2.05, 4.69) is 10.6 Å². The molecule has 0 radical (unpaired) electrons. The number of carbonyl (C=O) groups excluding carboxylic acids is 6. The normalized spacial score (nSPS) is 23.7. The molecule has 4 amide bonds. The van der Waals surface area contributed by atoms with Gasteiger partial charge in [-0.05, 0) is 19.1 Å². The van der Waals surface area contributed by atoms with Crippen LogP contribution in [0.2, 0.25) is 0 Å². The Morgan fingerprint density at radius 3 is 1.69 bits per heavy atom. The van der Waals surface area contributed by atoms with Crippen molar-refractivity contribution < 1.29 is 43.7 Å². The summed E-state index contributed by atoms with van der Waals surface area (Å²) in [4.78, 5) is 73.9. The van der Waals surface area contributed by atoms with Crippen molar-refractivity contribution in [3.8, 4) is 0 Å². The Morgan fingerprint density at radius 1 is 0.829 bits per heavy atom. The fraction of sp³-hybridized carbons (Fsp3) is 0.700. The molecule has 196 valence electrons. The summed E-state index contributed by atoms with van der Waals surface area (Å²) in [7, 11) is 1.34. The van der Waals surface area contributed by atoms with Crippen LogP contribution in [0, 0.1) is 0 Å². The first-order valence-electron chi connectivity index (χ1n) is 10.7. The average molecular weight is 533 g/mol. The molecular formula is C20H28N4O9S2-2. The van der Waals surface area contributed by atoms with E-state index in [4.69, 9.17) is 4.74 Å². The van der Waals surface area contributed by atoms with Gasteiger partial charge in [0, 0.05) is 32.3 Å². The number of nitrogens with zero attached hydrogens (tertiary/aromatic N) is 2. The molecular weight excluding hydrogens is 504 g/mol. The summed E-state index contributed by atoms with van der Waals surface area (Å²) in [5.74, 6) is -4.94. The zero-order valence-electron chi connectivity index (χ0n) is 19.4. The quantitative estimate of drug-likeness (QED) is 0.246. The molecule has 15 heteroatoms. The lowest BCUT2D eigenvalue weighted by atomic mass is 10.1. The first-order chi connectivity index (χ1) is 16.6. The fourth-order valence-corrected chi connectivity index (χ4v) is 5.20. The van der Waals surface area contributed by atoms with E-state index in [0.29, 0.717) is 0 Å². The smallest absolute Gasteiger partial charge is 0.246 e. The summed E-state index contributed by atoms with van der Waals surface area (Å²) in [6, 6.07) is -3.52. The van der Waals surface area contributed by atoms with Crippen molar-refractivity contribution >= 4 is 59.1 Å². The van der Waals surface area contributed by atoms with Crippen LogP contribution in [0.4, 0.5) is 0 Å². The van der Waals surface area contributed by atoms with E-state index in [0.717, 1.165) is 21.6 Å². The summed E-state index contributed by atoms with van der Waals surface area (Å²) in [5, 5.41) is 28.2. The van der Waals surface area contributed by atoms with E-state index in [1.165, 1.54) is 18.9 Å². The van der Waals surface area contributed by atoms with Gasteiger partial charge < -0.3 is 45.0 Å². The molecule has 13 nitrogen and oxygen atoms in total. The highest BCUT2D eigenvalue weighted by atomic mass is 32.2. The topological polar surface area (TPSA) is 188 Å². The maximum absolute atomic E-state index is 12.6. The SMILES string of the molecule is COCC(=O)N[C@H]1C[C@@H](C(=O)[O-])N(C(=O)CSCC(=O)N2C[C@@H](NC(=O)CSC)C[C@H]2C(=O)[O-])C1. The molecule has 0 aromatic carbocycles. The van der Waals surface area contributed by atoms with Crippen molar-refractivity contribution in [2.24, 2.45) is 0 Å². The monoisotopic (exact) mass is 532 g/mol. The summed E-state index contributed by atoms with van der Waals surface area (Å²) in [6.07, 6.45) is 1.76. The van der Waals surface area contributed by atoms with E-state index in [1.54, 1.807) is 6.26 Å². The highest BCUT2D eigenvalue weighted by Gasteiger charge is 2.38. The summed E-state index contributed by atoms with van der Waals surface area (Å²) in [5.41, 5.74) is 0. The average Bonchev–Trinajstić information content (AvgIpc) is 3.38. The summed E-state index contributed by atoms with van der Waals surface area (Å²) < 4.78 is 4.72. The number of carboxylic acids is 2. The van der Waals surface area contributed by atoms with E-state index in [-0.39, 0.29) is 55.7 Å². The molecule has 0 bridgehead atoms. The van der Waals surface area contributed by atoms with Crippen molar-refractivity contribution in [1.29, 1.82) is 0 Å². The maximum Gasteiger partial charge on any atom is 0.246 e. The number of hydrogen-bond acceptors (Lipinski definition) is 11. The van der Waals surface area contributed by atoms with Gasteiger partial charge in [-0.2, -0.15) is 11.8 Å². The van der Waals surface area contributed by atoms with Crippen LogP contribution in [0.1, 0.15) is 12.8 Å². The molecule has 2 N–H and O–H groups in total. The highest BCUT2D eigenvalue weighted by Crippen LogP contribution is 2.22. The van der Waals surface area contributed by atoms with Crippen LogP contribution in [-0.2, 0) is 33.5 Å². The van der Waals surface area contributed by atoms with Gasteiger partial charge in [0.05, 0.1) is 41.3 Å². The van der Waals surface area contributed by atoms with Gasteiger partial charge in [-0.15, -0.1) is 11.8 Å². The molecule has 4 atom stereocenters. The van der Waals surface area contributed by atoms with Crippen molar-refractivity contribution in [2.45, 2.75) is 37.0 Å². The number of likely N-dealkylation sites (tertiary alicyclic amines) is 2. The number of carboxylic acid groups (broad SMARTS) is 2. The highest BCUT2D eigenvalue weighted by molar-refractivity contribution is 8.00. The molecule has 2 aliphatic rings. The van der Waals surface area contributed by atoms with Crippen LogP contribution in [0.5, 0.6) is 0 Å². The van der Waals surface area contributed by atoms with Crippen molar-refractivity contribution in [2.75, 3.05) is 50.3 Å². The minimum absolute atomic E-state index is 0.00778. The first-order valence-corrected chi connectivity index (χ1v) is 13.3. The zero-order valence-corrected chi connectivity index (χ0v) is 21.0. The van der Waals surface area contributed by atoms with Crippen LogP contribution in [0.3, 0.4) is 0 Å². The molecule has 0 saturated carbocycles. The lowest BCUT2D eigenvalue weighted by Crippen LogP contribution is -2.48. The second kappa shape index (κ2) is 13.5. The van der Waals surface area contributed by atoms with Gasteiger partial charge in [0.25, 0.3) is 0 Å². The Labute approximate surface area is 210 Å². The van der Waals surface area contributed by atoms with Gasteiger partial charge in [-0.1, -0.05) is 0 Å². The van der Waals surface area contributed by atoms with Gasteiger partial charge in [0.1, 0.15) is 6.61 Å². The third kappa shape index (κ3) is 8.28. The van der Waals surface area contributed by atoms with Crippen LogP contribution in [0.25, 0.3) is 0 Å². The van der Waals surface area contributed by atoms with Gasteiger partial charge in [-0.3, -0.25) is 19.2 Å². The number of rotatable bonds is 12. The maximum atomic E-state index is 12.6. The molecule has 2 rings (SSSR count). The van der Waals surface area contributed by atoms with Crippen molar-refractivity contribution in [1.82, 2.24) is 20.4 Å². The summed E-state index contributed by atoms with van der Waals surface area (Å²) >= 11 is 2.22. The molecule has 2 fully saturated rings. The second-order valence-electron chi connectivity index (χ2n) is 8.12. The number of nitrogens with one attached hydrogen (secondary N) is 2. The number of aliphatic carboxylic acids is 2. The Morgan fingerprint density at radius 2 is 1.29 bits per heavy atom. The zero-order chi connectivity index (χ0) is 26.1. The third-order valence-corrected chi connectivity index (χ3v) is 6.97. The van der Waals surface area contributed by atoms with E-state index in [9.17, 15) is 39.0 Å². The van der Waals surface area contributed by atoms with E-state index < -0.39 is 53.8 Å². The molecule has 35 heavy (non-hydrogen) atoms. The molecule has 0 aromatic heterocycles. The van der Waals surface area contributed by atoms with Crippen molar-refractivity contribution in [3.05, 3.63) is 0 Å². The number of thioether (sulfide) groups is 2. The first kappa shape index (κ1) is 28.7. The predicted molar refractivity (Wildman–Crippen MR) is 122 cm³/mol. The van der Waals surface area contributed by atoms with Gasteiger partial charge in [-0.25, -0.2) is 0 Å².